The van der Waals surface area contributed by atoms with Crippen molar-refractivity contribution in [2.24, 2.45) is 5.92 Å². The zero-order valence-electron chi connectivity index (χ0n) is 21.4. The number of aryl methyl sites for hydroxylation is 3. The number of carbonyl (C=O) groups is 1. The highest BCUT2D eigenvalue weighted by Crippen LogP contribution is 2.40. The van der Waals surface area contributed by atoms with Gasteiger partial charge in [-0.05, 0) is 68.9 Å². The lowest BCUT2D eigenvalue weighted by atomic mass is 9.71. The van der Waals surface area contributed by atoms with Crippen molar-refractivity contribution >= 4 is 16.9 Å². The number of carbonyl (C=O) groups excluding carboxylic acids is 1. The SMILES string of the molecule is Cc1ccc(C)c(COc2ccc3c(C)c(CC(=O)N4CC[C@@]5(O)CCCC[C@@H]5C4)c(=O)oc3c2)c1. The number of ether oxygens (including phenoxy) is 1. The standard InChI is InChI=1S/C30H35NO5/c1-19-7-8-20(2)22(14-19)18-35-24-9-10-25-21(3)26(29(33)36-27(25)15-24)16-28(32)31-13-12-30(34)11-5-4-6-23(30)17-31/h7-10,14-15,23,34H,4-6,11-13,16-18H2,1-3H3/t23-,30+/m1/s1. The summed E-state index contributed by atoms with van der Waals surface area (Å²) in [6.07, 6.45) is 4.55. The van der Waals surface area contributed by atoms with E-state index in [4.69, 9.17) is 9.15 Å². The molecule has 0 bridgehead atoms. The average molecular weight is 490 g/mol. The molecule has 2 aliphatic rings. The molecule has 2 atom stereocenters. The van der Waals surface area contributed by atoms with Crippen LogP contribution < -0.4 is 10.4 Å². The molecule has 1 saturated carbocycles. The molecule has 190 valence electrons. The molecule has 1 aromatic heterocycles. The molecule has 1 N–H and O–H groups in total. The summed E-state index contributed by atoms with van der Waals surface area (Å²) in [5.41, 5.74) is 3.97. The zero-order chi connectivity index (χ0) is 25.4. The van der Waals surface area contributed by atoms with Crippen LogP contribution >= 0.6 is 0 Å². The van der Waals surface area contributed by atoms with Crippen LogP contribution in [0.15, 0.2) is 45.6 Å². The van der Waals surface area contributed by atoms with Crippen molar-refractivity contribution in [2.75, 3.05) is 13.1 Å². The number of rotatable bonds is 5. The maximum absolute atomic E-state index is 13.2. The second kappa shape index (κ2) is 9.74. The van der Waals surface area contributed by atoms with Crippen LogP contribution in [0.3, 0.4) is 0 Å². The largest absolute Gasteiger partial charge is 0.489 e. The van der Waals surface area contributed by atoms with Crippen LogP contribution in [0.4, 0.5) is 0 Å². The number of aliphatic hydroxyl groups is 1. The van der Waals surface area contributed by atoms with E-state index in [0.717, 1.165) is 42.2 Å². The zero-order valence-corrected chi connectivity index (χ0v) is 21.4. The Kier molecular flexibility index (Phi) is 6.64. The van der Waals surface area contributed by atoms with Crippen molar-refractivity contribution < 1.29 is 19.1 Å². The van der Waals surface area contributed by atoms with E-state index in [9.17, 15) is 14.7 Å². The van der Waals surface area contributed by atoms with E-state index in [0.29, 0.717) is 43.0 Å². The lowest BCUT2D eigenvalue weighted by molar-refractivity contribution is -0.142. The highest BCUT2D eigenvalue weighted by Gasteiger charge is 2.43. The van der Waals surface area contributed by atoms with E-state index in [1.54, 1.807) is 6.07 Å². The minimum Gasteiger partial charge on any atom is -0.489 e. The van der Waals surface area contributed by atoms with E-state index in [2.05, 4.69) is 32.0 Å². The second-order valence-corrected chi connectivity index (χ2v) is 10.7. The van der Waals surface area contributed by atoms with Crippen molar-refractivity contribution in [3.8, 4) is 5.75 Å². The molecule has 6 nitrogen and oxygen atoms in total. The summed E-state index contributed by atoms with van der Waals surface area (Å²) in [5, 5.41) is 11.7. The highest BCUT2D eigenvalue weighted by molar-refractivity contribution is 5.85. The van der Waals surface area contributed by atoms with Gasteiger partial charge in [0.05, 0.1) is 17.6 Å². The molecule has 2 fully saturated rings. The average Bonchev–Trinajstić information content (AvgIpc) is 2.86. The molecule has 1 saturated heterocycles. The van der Waals surface area contributed by atoms with Crippen molar-refractivity contribution in [1.29, 1.82) is 0 Å². The topological polar surface area (TPSA) is 80.0 Å². The number of nitrogens with zero attached hydrogens (tertiary/aromatic N) is 1. The fourth-order valence-electron chi connectivity index (χ4n) is 5.85. The Morgan fingerprint density at radius 3 is 2.81 bits per heavy atom. The van der Waals surface area contributed by atoms with E-state index >= 15 is 0 Å². The Morgan fingerprint density at radius 1 is 1.14 bits per heavy atom. The summed E-state index contributed by atoms with van der Waals surface area (Å²) in [5.74, 6) is 0.675. The van der Waals surface area contributed by atoms with Gasteiger partial charge in [-0.1, -0.05) is 36.6 Å². The normalized spacial score (nSPS) is 21.9. The summed E-state index contributed by atoms with van der Waals surface area (Å²) in [6.45, 7) is 7.51. The Balaban J connectivity index is 1.31. The second-order valence-electron chi connectivity index (χ2n) is 10.7. The first kappa shape index (κ1) is 24.6. The lowest BCUT2D eigenvalue weighted by Gasteiger charge is -2.47. The number of benzene rings is 2. The quantitative estimate of drug-likeness (QED) is 0.511. The maximum atomic E-state index is 13.2. The Labute approximate surface area is 211 Å². The highest BCUT2D eigenvalue weighted by atomic mass is 16.5. The molecule has 2 aromatic carbocycles. The van der Waals surface area contributed by atoms with Gasteiger partial charge in [0, 0.05) is 30.5 Å². The number of likely N-dealkylation sites (tertiary alicyclic amines) is 1. The Morgan fingerprint density at radius 2 is 1.97 bits per heavy atom. The van der Waals surface area contributed by atoms with E-state index < -0.39 is 11.2 Å². The van der Waals surface area contributed by atoms with E-state index in [-0.39, 0.29) is 18.2 Å². The van der Waals surface area contributed by atoms with Gasteiger partial charge in [0.2, 0.25) is 5.91 Å². The third kappa shape index (κ3) is 4.79. The van der Waals surface area contributed by atoms with Crippen molar-refractivity contribution in [1.82, 2.24) is 4.90 Å². The molecule has 1 aliphatic carbocycles. The van der Waals surface area contributed by atoms with Gasteiger partial charge in [-0.3, -0.25) is 4.79 Å². The Bertz CT molecular complexity index is 1360. The van der Waals surface area contributed by atoms with Crippen LogP contribution in [0.1, 0.15) is 59.9 Å². The fourth-order valence-corrected chi connectivity index (χ4v) is 5.85. The predicted octanol–water partition coefficient (Wildman–Crippen LogP) is 4.99. The van der Waals surface area contributed by atoms with Gasteiger partial charge in [0.1, 0.15) is 17.9 Å². The van der Waals surface area contributed by atoms with Gasteiger partial charge in [0.15, 0.2) is 0 Å². The van der Waals surface area contributed by atoms with Crippen molar-refractivity contribution in [2.45, 2.75) is 71.5 Å². The monoisotopic (exact) mass is 489 g/mol. The molecule has 0 radical (unpaired) electrons. The summed E-state index contributed by atoms with van der Waals surface area (Å²) in [7, 11) is 0. The molecule has 5 rings (SSSR count). The number of hydrogen-bond donors (Lipinski definition) is 1. The lowest BCUT2D eigenvalue weighted by Crippen LogP contribution is -2.55. The third-order valence-corrected chi connectivity index (χ3v) is 8.27. The molecular formula is C30H35NO5. The molecule has 1 aliphatic heterocycles. The van der Waals surface area contributed by atoms with Gasteiger partial charge < -0.3 is 19.2 Å². The first-order valence-corrected chi connectivity index (χ1v) is 13.0. The predicted molar refractivity (Wildman–Crippen MR) is 139 cm³/mol. The number of piperidine rings is 1. The number of amides is 1. The van der Waals surface area contributed by atoms with Crippen LogP contribution in [0, 0.1) is 26.7 Å². The van der Waals surface area contributed by atoms with Gasteiger partial charge in [-0.2, -0.15) is 0 Å². The third-order valence-electron chi connectivity index (χ3n) is 8.27. The van der Waals surface area contributed by atoms with Crippen LogP contribution in [0.2, 0.25) is 0 Å². The maximum Gasteiger partial charge on any atom is 0.340 e. The molecule has 1 amide bonds. The summed E-state index contributed by atoms with van der Waals surface area (Å²) in [4.78, 5) is 27.9. The molecule has 0 unspecified atom stereocenters. The fraction of sp³-hybridized carbons (Fsp3) is 0.467. The van der Waals surface area contributed by atoms with Crippen LogP contribution in [-0.4, -0.2) is 34.6 Å². The van der Waals surface area contributed by atoms with Gasteiger partial charge >= 0.3 is 5.63 Å². The summed E-state index contributed by atoms with van der Waals surface area (Å²) in [6, 6.07) is 11.8. The van der Waals surface area contributed by atoms with Gasteiger partial charge in [-0.15, -0.1) is 0 Å². The minimum atomic E-state index is -0.634. The molecule has 0 spiro atoms. The van der Waals surface area contributed by atoms with Crippen LogP contribution in [0.5, 0.6) is 5.75 Å². The van der Waals surface area contributed by atoms with Crippen LogP contribution in [0.25, 0.3) is 11.0 Å². The smallest absolute Gasteiger partial charge is 0.340 e. The molecule has 2 heterocycles. The molecule has 3 aromatic rings. The molecular weight excluding hydrogens is 454 g/mol. The van der Waals surface area contributed by atoms with Gasteiger partial charge in [-0.25, -0.2) is 4.79 Å². The Hall–Kier alpha value is -3.12. The van der Waals surface area contributed by atoms with E-state index in [1.165, 1.54) is 11.1 Å². The van der Waals surface area contributed by atoms with E-state index in [1.807, 2.05) is 24.0 Å². The summed E-state index contributed by atoms with van der Waals surface area (Å²) < 4.78 is 11.7. The first-order valence-electron chi connectivity index (χ1n) is 13.0. The van der Waals surface area contributed by atoms with Crippen molar-refractivity contribution in [3.63, 3.8) is 0 Å². The van der Waals surface area contributed by atoms with Crippen LogP contribution in [-0.2, 0) is 17.8 Å². The van der Waals surface area contributed by atoms with Gasteiger partial charge in [0.25, 0.3) is 0 Å². The minimum absolute atomic E-state index is 0.0140. The number of fused-ring (bicyclic) bond motifs is 2. The first-order chi connectivity index (χ1) is 17.2. The summed E-state index contributed by atoms with van der Waals surface area (Å²) >= 11 is 0. The molecule has 6 heteroatoms. The number of hydrogen-bond acceptors (Lipinski definition) is 5. The molecule has 36 heavy (non-hydrogen) atoms. The van der Waals surface area contributed by atoms with Crippen molar-refractivity contribution in [3.05, 3.63) is 74.6 Å².